The summed E-state index contributed by atoms with van der Waals surface area (Å²) in [5, 5.41) is 49.5. The van der Waals surface area contributed by atoms with Crippen molar-refractivity contribution < 1.29 is 64.1 Å². The number of carboxylic acid groups (broad SMARTS) is 6. The van der Waals surface area contributed by atoms with E-state index < -0.39 is 74.6 Å². The van der Waals surface area contributed by atoms with E-state index in [0.29, 0.717) is 0 Å². The van der Waals surface area contributed by atoms with E-state index in [9.17, 15) is 28.8 Å². The quantitative estimate of drug-likeness (QED) is 0.205. The molecule has 14 heteroatoms. The van der Waals surface area contributed by atoms with Crippen LogP contribution in [0.15, 0.2) is 0 Å². The summed E-state index contributed by atoms with van der Waals surface area (Å²) < 4.78 is 4.30. The summed E-state index contributed by atoms with van der Waals surface area (Å²) >= 11 is 0. The summed E-state index contributed by atoms with van der Waals surface area (Å²) in [6.07, 6.45) is -2.38. The molecule has 14 nitrogen and oxygen atoms in total. The smallest absolute Gasteiger partial charge is 0.333 e. The summed E-state index contributed by atoms with van der Waals surface area (Å²) in [5.74, 6) is -7.99. The van der Waals surface area contributed by atoms with Crippen molar-refractivity contribution in [2.45, 2.75) is 12.5 Å². The molecule has 0 rings (SSSR count). The Hall–Kier alpha value is -3.26. The van der Waals surface area contributed by atoms with Crippen LogP contribution in [0.5, 0.6) is 0 Å². The zero-order chi connectivity index (χ0) is 20.9. The number of nitrogens with zero attached hydrogens (tertiary/aromatic N) is 1. The van der Waals surface area contributed by atoms with E-state index in [1.165, 1.54) is 0 Å². The van der Waals surface area contributed by atoms with Crippen molar-refractivity contribution in [3.05, 3.63) is 0 Å². The summed E-state index contributed by atoms with van der Waals surface area (Å²) in [7, 11) is 0. The molecule has 0 amide bonds. The van der Waals surface area contributed by atoms with Crippen molar-refractivity contribution in [2.24, 2.45) is 0 Å². The molecule has 0 fully saturated rings. The maximum Gasteiger partial charge on any atom is 0.333 e. The van der Waals surface area contributed by atoms with Gasteiger partial charge in [-0.1, -0.05) is 0 Å². The van der Waals surface area contributed by atoms with Gasteiger partial charge in [-0.25, -0.2) is 9.59 Å². The van der Waals surface area contributed by atoms with Crippen LogP contribution in [0, 0.1) is 0 Å². The SMILES string of the molecule is O=C(O)CN(CC(=O)O)CC(=O)O.O=C(O)COC(CC(=O)O)C(=O)O. The minimum absolute atomic E-state index is 0.599. The lowest BCUT2D eigenvalue weighted by atomic mass is 10.2. The van der Waals surface area contributed by atoms with Crippen LogP contribution in [0.4, 0.5) is 0 Å². The van der Waals surface area contributed by atoms with E-state index in [-0.39, 0.29) is 0 Å². The van der Waals surface area contributed by atoms with Crippen LogP contribution in [0.2, 0.25) is 0 Å². The van der Waals surface area contributed by atoms with Gasteiger partial charge in [0.05, 0.1) is 26.1 Å². The van der Waals surface area contributed by atoms with Gasteiger partial charge in [-0.05, 0) is 0 Å². The van der Waals surface area contributed by atoms with E-state index in [0.717, 1.165) is 4.90 Å². The molecule has 0 saturated heterocycles. The number of aliphatic carboxylic acids is 6. The monoisotopic (exact) mass is 383 g/mol. The van der Waals surface area contributed by atoms with E-state index in [4.69, 9.17) is 30.6 Å². The molecular weight excluding hydrogens is 366 g/mol. The summed E-state index contributed by atoms with van der Waals surface area (Å²) in [6, 6.07) is 0. The minimum atomic E-state index is -1.62. The molecule has 0 heterocycles. The molecule has 0 aromatic rings. The maximum absolute atomic E-state index is 10.3. The summed E-state index contributed by atoms with van der Waals surface area (Å²) in [6.45, 7) is -2.62. The lowest BCUT2D eigenvalue weighted by Gasteiger charge is -2.14. The standard InChI is InChI=1S/C6H9NO6.C6H8O7/c8-4(9)1-7(2-5(10)11)3-6(12)13;7-4(8)1-3(6(11)12)13-2-5(9)10/h1-3H2,(H,8,9)(H,10,11)(H,12,13);3H,1-2H2,(H,7,8)(H,9,10)(H,11,12). The van der Waals surface area contributed by atoms with Crippen molar-refractivity contribution in [2.75, 3.05) is 26.2 Å². The Labute approximate surface area is 144 Å². The molecule has 0 aliphatic heterocycles. The number of ether oxygens (including phenoxy) is 1. The van der Waals surface area contributed by atoms with Crippen LogP contribution in [0.3, 0.4) is 0 Å². The molecule has 148 valence electrons. The molecule has 26 heavy (non-hydrogen) atoms. The van der Waals surface area contributed by atoms with Crippen molar-refractivity contribution >= 4 is 35.8 Å². The first-order valence-electron chi connectivity index (χ1n) is 6.50. The van der Waals surface area contributed by atoms with Gasteiger partial charge >= 0.3 is 35.8 Å². The minimum Gasteiger partial charge on any atom is -0.481 e. The van der Waals surface area contributed by atoms with Gasteiger partial charge in [0.1, 0.15) is 6.61 Å². The first-order chi connectivity index (χ1) is 11.8. The molecule has 0 aromatic carbocycles. The second kappa shape index (κ2) is 13.1. The molecule has 0 aliphatic carbocycles. The molecule has 0 saturated carbocycles. The van der Waals surface area contributed by atoms with Crippen LogP contribution in [-0.4, -0.2) is 104 Å². The van der Waals surface area contributed by atoms with Gasteiger partial charge in [0, 0.05) is 0 Å². The third kappa shape index (κ3) is 17.1. The maximum atomic E-state index is 10.3. The van der Waals surface area contributed by atoms with E-state index in [2.05, 4.69) is 4.74 Å². The van der Waals surface area contributed by atoms with Gasteiger partial charge < -0.3 is 35.4 Å². The average Bonchev–Trinajstić information content (AvgIpc) is 2.40. The predicted molar refractivity (Wildman–Crippen MR) is 76.6 cm³/mol. The first kappa shape index (κ1) is 25.0. The number of carboxylic acids is 6. The number of rotatable bonds is 12. The highest BCUT2D eigenvalue weighted by Gasteiger charge is 2.22. The van der Waals surface area contributed by atoms with Crippen molar-refractivity contribution in [1.29, 1.82) is 0 Å². The van der Waals surface area contributed by atoms with Crippen molar-refractivity contribution in [3.63, 3.8) is 0 Å². The van der Waals surface area contributed by atoms with Gasteiger partial charge in [-0.3, -0.25) is 24.1 Å². The van der Waals surface area contributed by atoms with Gasteiger partial charge in [0.15, 0.2) is 6.10 Å². The van der Waals surface area contributed by atoms with Crippen molar-refractivity contribution in [1.82, 2.24) is 4.90 Å². The molecule has 1 atom stereocenters. The second-order valence-electron chi connectivity index (χ2n) is 4.46. The molecule has 0 spiro atoms. The van der Waals surface area contributed by atoms with Crippen LogP contribution in [-0.2, 0) is 33.5 Å². The van der Waals surface area contributed by atoms with Crippen LogP contribution in [0.1, 0.15) is 6.42 Å². The van der Waals surface area contributed by atoms with Crippen LogP contribution in [0.25, 0.3) is 0 Å². The van der Waals surface area contributed by atoms with Crippen molar-refractivity contribution in [3.8, 4) is 0 Å². The highest BCUT2D eigenvalue weighted by atomic mass is 16.5. The number of carbonyl (C=O) groups is 6. The third-order valence-corrected chi connectivity index (χ3v) is 2.12. The predicted octanol–water partition coefficient (Wildman–Crippen LogP) is -2.44. The largest absolute Gasteiger partial charge is 0.481 e. The molecular formula is C12H17NO13. The van der Waals surface area contributed by atoms with Crippen LogP contribution >= 0.6 is 0 Å². The normalized spacial score (nSPS) is 11.0. The Balaban J connectivity index is 0. The van der Waals surface area contributed by atoms with Crippen LogP contribution < -0.4 is 0 Å². The van der Waals surface area contributed by atoms with E-state index in [1.807, 2.05) is 0 Å². The van der Waals surface area contributed by atoms with Gasteiger partial charge in [-0.15, -0.1) is 0 Å². The molecule has 6 N–H and O–H groups in total. The Morgan fingerprint density at radius 2 is 1.04 bits per heavy atom. The highest BCUT2D eigenvalue weighted by Crippen LogP contribution is 1.98. The molecule has 0 aliphatic rings. The fourth-order valence-corrected chi connectivity index (χ4v) is 1.29. The number of hydrogen-bond donors (Lipinski definition) is 6. The lowest BCUT2D eigenvalue weighted by molar-refractivity contribution is -0.161. The Kier molecular flexibility index (Phi) is 12.6. The Morgan fingerprint density at radius 1 is 0.654 bits per heavy atom. The average molecular weight is 383 g/mol. The molecule has 0 bridgehead atoms. The zero-order valence-electron chi connectivity index (χ0n) is 13.1. The molecule has 0 aromatic heterocycles. The third-order valence-electron chi connectivity index (χ3n) is 2.12. The van der Waals surface area contributed by atoms with Gasteiger partial charge in [0.25, 0.3) is 0 Å². The summed E-state index contributed by atoms with van der Waals surface area (Å²) in [4.78, 5) is 61.5. The van der Waals surface area contributed by atoms with Gasteiger partial charge in [0.2, 0.25) is 0 Å². The summed E-state index contributed by atoms with van der Waals surface area (Å²) in [5.41, 5.74) is 0. The Morgan fingerprint density at radius 3 is 1.27 bits per heavy atom. The Bertz CT molecular complexity index is 505. The topological polar surface area (TPSA) is 236 Å². The first-order valence-corrected chi connectivity index (χ1v) is 6.50. The van der Waals surface area contributed by atoms with E-state index >= 15 is 0 Å². The molecule has 1 unspecified atom stereocenters. The second-order valence-corrected chi connectivity index (χ2v) is 4.46. The fraction of sp³-hybridized carbons (Fsp3) is 0.500. The number of hydrogen-bond acceptors (Lipinski definition) is 8. The fourth-order valence-electron chi connectivity index (χ4n) is 1.29. The highest BCUT2D eigenvalue weighted by molar-refractivity contribution is 5.80. The van der Waals surface area contributed by atoms with E-state index in [1.54, 1.807) is 0 Å². The molecule has 0 radical (unpaired) electrons. The van der Waals surface area contributed by atoms with Gasteiger partial charge in [-0.2, -0.15) is 0 Å². The lowest BCUT2D eigenvalue weighted by Crippen LogP contribution is -2.38. The zero-order valence-corrected chi connectivity index (χ0v) is 13.1.